The van der Waals surface area contributed by atoms with Gasteiger partial charge in [-0.25, -0.2) is 0 Å². The maximum absolute atomic E-state index is 11.9. The molecule has 0 unspecified atom stereocenters. The van der Waals surface area contributed by atoms with Crippen molar-refractivity contribution in [3.05, 3.63) is 66.4 Å². The molecular weight excluding hydrogens is 272 g/mol. The Morgan fingerprint density at radius 3 is 2.18 bits per heavy atom. The van der Waals surface area contributed by atoms with Crippen molar-refractivity contribution >= 4 is 12.0 Å². The molecule has 114 valence electrons. The molecule has 0 heterocycles. The molecule has 0 spiro atoms. The van der Waals surface area contributed by atoms with Gasteiger partial charge in [-0.2, -0.15) is 0 Å². The second-order valence-electron chi connectivity index (χ2n) is 5.93. The average molecular weight is 294 g/mol. The molecule has 2 nitrogen and oxygen atoms in total. The lowest BCUT2D eigenvalue weighted by atomic mass is 9.91. The number of carbonyl (C=O) groups is 1. The van der Waals surface area contributed by atoms with Crippen molar-refractivity contribution < 1.29 is 9.53 Å². The van der Waals surface area contributed by atoms with Crippen LogP contribution in [0.2, 0.25) is 0 Å². The third-order valence-corrected chi connectivity index (χ3v) is 3.89. The van der Waals surface area contributed by atoms with E-state index >= 15 is 0 Å². The van der Waals surface area contributed by atoms with Crippen LogP contribution in [-0.2, 0) is 9.53 Å². The summed E-state index contributed by atoms with van der Waals surface area (Å²) in [5.41, 5.74) is 2.92. The predicted molar refractivity (Wildman–Crippen MR) is 91.1 cm³/mol. The number of ether oxygens (including phenoxy) is 1. The van der Waals surface area contributed by atoms with Crippen LogP contribution in [0.25, 0.3) is 17.2 Å². The van der Waals surface area contributed by atoms with E-state index in [0.29, 0.717) is 0 Å². The van der Waals surface area contributed by atoms with E-state index in [0.717, 1.165) is 12.0 Å². The van der Waals surface area contributed by atoms with Crippen LogP contribution in [0.3, 0.4) is 0 Å². The number of carbonyl (C=O) groups excluding carboxylic acids is 1. The standard InChI is InChI=1S/C20H22O2/c1-4-20(2,3)19(21)22-15-14-16-10-12-18(13-11-16)17-8-6-5-7-9-17/h5-15H,4H2,1-3H3/b15-14+. The van der Waals surface area contributed by atoms with Gasteiger partial charge in [0, 0.05) is 0 Å². The van der Waals surface area contributed by atoms with Gasteiger partial charge in [-0.05, 0) is 43.0 Å². The van der Waals surface area contributed by atoms with Gasteiger partial charge in [0.1, 0.15) is 0 Å². The molecule has 0 N–H and O–H groups in total. The fraction of sp³-hybridized carbons (Fsp3) is 0.250. The predicted octanol–water partition coefficient (Wildman–Crippen LogP) is 5.30. The molecule has 22 heavy (non-hydrogen) atoms. The monoisotopic (exact) mass is 294 g/mol. The molecule has 0 aliphatic rings. The number of benzene rings is 2. The van der Waals surface area contributed by atoms with Crippen LogP contribution >= 0.6 is 0 Å². The highest BCUT2D eigenvalue weighted by molar-refractivity contribution is 5.77. The molecule has 0 aromatic heterocycles. The first-order valence-electron chi connectivity index (χ1n) is 7.56. The van der Waals surface area contributed by atoms with Gasteiger partial charge in [0.15, 0.2) is 0 Å². The molecule has 0 amide bonds. The number of rotatable bonds is 5. The first kappa shape index (κ1) is 16.0. The van der Waals surface area contributed by atoms with E-state index in [9.17, 15) is 4.79 Å². The molecule has 0 radical (unpaired) electrons. The Kier molecular flexibility index (Phi) is 5.16. The van der Waals surface area contributed by atoms with Crippen molar-refractivity contribution in [1.82, 2.24) is 0 Å². The highest BCUT2D eigenvalue weighted by Crippen LogP contribution is 2.22. The Bertz CT molecular complexity index is 637. The van der Waals surface area contributed by atoms with Crippen LogP contribution in [0.15, 0.2) is 60.9 Å². The van der Waals surface area contributed by atoms with Crippen LogP contribution in [0.4, 0.5) is 0 Å². The summed E-state index contributed by atoms with van der Waals surface area (Å²) in [5, 5.41) is 0. The first-order valence-corrected chi connectivity index (χ1v) is 7.56. The van der Waals surface area contributed by atoms with Crippen LogP contribution in [0.1, 0.15) is 32.8 Å². The Labute approximate surface area is 132 Å². The molecule has 0 bridgehead atoms. The summed E-state index contributed by atoms with van der Waals surface area (Å²) < 4.78 is 5.20. The lowest BCUT2D eigenvalue weighted by molar-refractivity contribution is -0.147. The van der Waals surface area contributed by atoms with Gasteiger partial charge in [-0.1, -0.05) is 61.5 Å². The quantitative estimate of drug-likeness (QED) is 0.552. The van der Waals surface area contributed by atoms with Crippen LogP contribution < -0.4 is 0 Å². The van der Waals surface area contributed by atoms with Gasteiger partial charge in [0.2, 0.25) is 0 Å². The molecule has 0 atom stereocenters. The second kappa shape index (κ2) is 7.08. The summed E-state index contributed by atoms with van der Waals surface area (Å²) in [7, 11) is 0. The van der Waals surface area contributed by atoms with Crippen LogP contribution in [0.5, 0.6) is 0 Å². The minimum Gasteiger partial charge on any atom is -0.434 e. The number of hydrogen-bond donors (Lipinski definition) is 0. The van der Waals surface area contributed by atoms with E-state index < -0.39 is 5.41 Å². The zero-order valence-electron chi connectivity index (χ0n) is 13.4. The van der Waals surface area contributed by atoms with Gasteiger partial charge in [0.05, 0.1) is 11.7 Å². The molecule has 0 aliphatic carbocycles. The summed E-state index contributed by atoms with van der Waals surface area (Å²) in [4.78, 5) is 11.9. The molecule has 0 saturated heterocycles. The van der Waals surface area contributed by atoms with E-state index in [1.165, 1.54) is 17.4 Å². The smallest absolute Gasteiger partial charge is 0.316 e. The van der Waals surface area contributed by atoms with Gasteiger partial charge >= 0.3 is 5.97 Å². The Morgan fingerprint density at radius 1 is 1.00 bits per heavy atom. The Hall–Kier alpha value is -2.35. The normalized spacial score (nSPS) is 11.6. The molecule has 0 saturated carbocycles. The van der Waals surface area contributed by atoms with Crippen LogP contribution in [-0.4, -0.2) is 5.97 Å². The Morgan fingerprint density at radius 2 is 1.59 bits per heavy atom. The van der Waals surface area contributed by atoms with Crippen molar-refractivity contribution in [1.29, 1.82) is 0 Å². The van der Waals surface area contributed by atoms with Crippen molar-refractivity contribution in [2.75, 3.05) is 0 Å². The van der Waals surface area contributed by atoms with E-state index in [-0.39, 0.29) is 5.97 Å². The lowest BCUT2D eigenvalue weighted by Crippen LogP contribution is -2.23. The average Bonchev–Trinajstić information content (AvgIpc) is 2.56. The fourth-order valence-electron chi connectivity index (χ4n) is 1.90. The van der Waals surface area contributed by atoms with E-state index in [1.54, 1.807) is 6.08 Å². The van der Waals surface area contributed by atoms with Crippen molar-refractivity contribution in [3.8, 4) is 11.1 Å². The minimum atomic E-state index is -0.443. The summed E-state index contributed by atoms with van der Waals surface area (Å²) in [6.07, 6.45) is 4.03. The van der Waals surface area contributed by atoms with Crippen molar-refractivity contribution in [2.45, 2.75) is 27.2 Å². The highest BCUT2D eigenvalue weighted by Gasteiger charge is 2.26. The SMILES string of the molecule is CCC(C)(C)C(=O)O/C=C/c1ccc(-c2ccccc2)cc1. The minimum absolute atomic E-state index is 0.202. The third kappa shape index (κ3) is 4.08. The summed E-state index contributed by atoms with van der Waals surface area (Å²) >= 11 is 0. The van der Waals surface area contributed by atoms with Gasteiger partial charge < -0.3 is 4.74 Å². The molecule has 0 fully saturated rings. The first-order chi connectivity index (χ1) is 10.5. The van der Waals surface area contributed by atoms with Gasteiger partial charge in [-0.15, -0.1) is 0 Å². The van der Waals surface area contributed by atoms with E-state index in [1.807, 2.05) is 51.1 Å². The highest BCUT2D eigenvalue weighted by atomic mass is 16.5. The molecule has 2 rings (SSSR count). The Balaban J connectivity index is 2.00. The zero-order valence-corrected chi connectivity index (χ0v) is 13.4. The molecule has 2 aromatic rings. The summed E-state index contributed by atoms with van der Waals surface area (Å²) in [6, 6.07) is 18.4. The third-order valence-electron chi connectivity index (χ3n) is 3.89. The summed E-state index contributed by atoms with van der Waals surface area (Å²) in [6.45, 7) is 5.75. The van der Waals surface area contributed by atoms with E-state index in [4.69, 9.17) is 4.74 Å². The molecule has 2 aromatic carbocycles. The summed E-state index contributed by atoms with van der Waals surface area (Å²) in [5.74, 6) is -0.202. The number of esters is 1. The topological polar surface area (TPSA) is 26.3 Å². The maximum atomic E-state index is 11.9. The van der Waals surface area contributed by atoms with Crippen molar-refractivity contribution in [3.63, 3.8) is 0 Å². The second-order valence-corrected chi connectivity index (χ2v) is 5.93. The lowest BCUT2D eigenvalue weighted by Gasteiger charge is -2.18. The fourth-order valence-corrected chi connectivity index (χ4v) is 1.90. The number of hydrogen-bond acceptors (Lipinski definition) is 2. The zero-order chi connectivity index (χ0) is 16.0. The van der Waals surface area contributed by atoms with Gasteiger partial charge in [0.25, 0.3) is 0 Å². The molecular formula is C20H22O2. The molecule has 2 heteroatoms. The maximum Gasteiger partial charge on any atom is 0.316 e. The van der Waals surface area contributed by atoms with E-state index in [2.05, 4.69) is 24.3 Å². The largest absolute Gasteiger partial charge is 0.434 e. The molecule has 0 aliphatic heterocycles. The van der Waals surface area contributed by atoms with Gasteiger partial charge in [-0.3, -0.25) is 4.79 Å². The van der Waals surface area contributed by atoms with Crippen LogP contribution in [0, 0.1) is 5.41 Å². The van der Waals surface area contributed by atoms with Crippen molar-refractivity contribution in [2.24, 2.45) is 5.41 Å².